The summed E-state index contributed by atoms with van der Waals surface area (Å²) >= 11 is 0. The Labute approximate surface area is 159 Å². The van der Waals surface area contributed by atoms with E-state index in [2.05, 4.69) is 0 Å². The van der Waals surface area contributed by atoms with E-state index in [0.717, 1.165) is 6.07 Å². The zero-order valence-electron chi connectivity index (χ0n) is 15.5. The van der Waals surface area contributed by atoms with Crippen LogP contribution in [0.2, 0.25) is 0 Å². The minimum atomic E-state index is -1.37. The molecule has 0 bridgehead atoms. The molecule has 4 rings (SSSR count). The predicted octanol–water partition coefficient (Wildman–Crippen LogP) is 1.92. The van der Waals surface area contributed by atoms with Gasteiger partial charge in [0.25, 0.3) is 0 Å². The summed E-state index contributed by atoms with van der Waals surface area (Å²) in [5, 5.41) is 9.28. The van der Waals surface area contributed by atoms with Gasteiger partial charge in [0, 0.05) is 30.7 Å². The van der Waals surface area contributed by atoms with Gasteiger partial charge in [-0.3, -0.25) is 9.18 Å². The number of aromatic carboxylic acids is 1. The number of nitrogens with zero attached hydrogens (tertiary/aromatic N) is 2. The highest BCUT2D eigenvalue weighted by atomic mass is 19.1. The molecule has 28 heavy (non-hydrogen) atoms. The third kappa shape index (κ3) is 2.56. The third-order valence-electron chi connectivity index (χ3n) is 5.78. The minimum Gasteiger partial charge on any atom is -0.487 e. The van der Waals surface area contributed by atoms with Crippen molar-refractivity contribution in [2.24, 2.45) is 11.7 Å². The molecule has 1 saturated heterocycles. The van der Waals surface area contributed by atoms with E-state index in [1.54, 1.807) is 16.4 Å². The fraction of sp³-hybridized carbons (Fsp3) is 0.474. The van der Waals surface area contributed by atoms with Gasteiger partial charge in [0.2, 0.25) is 5.43 Å². The van der Waals surface area contributed by atoms with E-state index in [1.165, 1.54) is 6.20 Å². The molecule has 2 aliphatic heterocycles. The number of pyridine rings is 1. The number of ether oxygens (including phenoxy) is 1. The van der Waals surface area contributed by atoms with Crippen LogP contribution < -0.4 is 20.8 Å². The van der Waals surface area contributed by atoms with Crippen LogP contribution in [0.25, 0.3) is 10.9 Å². The van der Waals surface area contributed by atoms with Crippen LogP contribution >= 0.6 is 0 Å². The number of alkyl halides is 1. The van der Waals surface area contributed by atoms with Crippen LogP contribution in [-0.2, 0) is 0 Å². The predicted molar refractivity (Wildman–Crippen MR) is 99.6 cm³/mol. The van der Waals surface area contributed by atoms with Crippen LogP contribution in [0.5, 0.6) is 5.75 Å². The van der Waals surface area contributed by atoms with Gasteiger partial charge in [-0.1, -0.05) is 0 Å². The lowest BCUT2D eigenvalue weighted by Crippen LogP contribution is -2.45. The van der Waals surface area contributed by atoms with E-state index in [1.807, 2.05) is 6.92 Å². The van der Waals surface area contributed by atoms with Gasteiger partial charge in [-0.05, 0) is 19.9 Å². The highest BCUT2D eigenvalue weighted by Gasteiger charge is 2.42. The molecule has 7 nitrogen and oxygen atoms in total. The molecule has 1 aromatic heterocycles. The topological polar surface area (TPSA) is 97.8 Å². The molecule has 0 aliphatic carbocycles. The van der Waals surface area contributed by atoms with Crippen molar-refractivity contribution in [3.8, 4) is 5.75 Å². The number of carbonyl (C=O) groups is 1. The van der Waals surface area contributed by atoms with Gasteiger partial charge in [0.1, 0.15) is 17.9 Å². The maximum absolute atomic E-state index is 15.1. The van der Waals surface area contributed by atoms with Gasteiger partial charge >= 0.3 is 5.97 Å². The molecule has 3 N–H and O–H groups in total. The molecule has 150 valence electrons. The van der Waals surface area contributed by atoms with Gasteiger partial charge in [0.15, 0.2) is 11.6 Å². The minimum absolute atomic E-state index is 0.0561. The molecule has 9 heteroatoms. The molecule has 2 aliphatic rings. The smallest absolute Gasteiger partial charge is 0.341 e. The second-order valence-corrected chi connectivity index (χ2v) is 7.91. The summed E-state index contributed by atoms with van der Waals surface area (Å²) in [6.45, 7) is 3.54. The van der Waals surface area contributed by atoms with E-state index >= 15 is 4.39 Å². The number of anilines is 1. The monoisotopic (exact) mass is 393 g/mol. The van der Waals surface area contributed by atoms with Crippen LogP contribution in [0.4, 0.5) is 14.5 Å². The Hall–Kier alpha value is -2.68. The number of benzene rings is 1. The molecule has 2 aromatic rings. The van der Waals surface area contributed by atoms with Crippen molar-refractivity contribution in [1.29, 1.82) is 0 Å². The highest BCUT2D eigenvalue weighted by molar-refractivity contribution is 5.97. The Bertz CT molecular complexity index is 1050. The fourth-order valence-corrected chi connectivity index (χ4v) is 4.13. The van der Waals surface area contributed by atoms with Crippen molar-refractivity contribution in [2.45, 2.75) is 25.4 Å². The molecule has 0 radical (unpaired) electrons. The summed E-state index contributed by atoms with van der Waals surface area (Å²) in [6.07, 6.45) is 1.27. The zero-order valence-corrected chi connectivity index (χ0v) is 15.5. The maximum Gasteiger partial charge on any atom is 0.341 e. The molecular weight excluding hydrogens is 372 g/mol. The van der Waals surface area contributed by atoms with Crippen molar-refractivity contribution in [3.63, 3.8) is 0 Å². The van der Waals surface area contributed by atoms with Gasteiger partial charge < -0.3 is 25.0 Å². The average molecular weight is 393 g/mol. The third-order valence-corrected chi connectivity index (χ3v) is 5.78. The molecule has 2 unspecified atom stereocenters. The maximum atomic E-state index is 15.1. The quantitative estimate of drug-likeness (QED) is 0.827. The van der Waals surface area contributed by atoms with Crippen LogP contribution in [-0.4, -0.2) is 47.6 Å². The number of hydrogen-bond donors (Lipinski definition) is 2. The highest BCUT2D eigenvalue weighted by Crippen LogP contribution is 2.44. The van der Waals surface area contributed by atoms with Crippen molar-refractivity contribution in [3.05, 3.63) is 33.9 Å². The first-order valence-electron chi connectivity index (χ1n) is 9.03. The fourth-order valence-electron chi connectivity index (χ4n) is 4.13. The number of carboxylic acid groups (broad SMARTS) is 1. The molecule has 1 fully saturated rings. The number of nitrogens with two attached hydrogens (primary N) is 1. The van der Waals surface area contributed by atoms with Crippen LogP contribution in [0.15, 0.2) is 17.1 Å². The Morgan fingerprint density at radius 1 is 1.50 bits per heavy atom. The summed E-state index contributed by atoms with van der Waals surface area (Å²) in [5.41, 5.74) is 4.63. The van der Waals surface area contributed by atoms with E-state index in [9.17, 15) is 19.1 Å². The summed E-state index contributed by atoms with van der Waals surface area (Å²) < 4.78 is 35.9. The Morgan fingerprint density at radius 2 is 2.21 bits per heavy atom. The van der Waals surface area contributed by atoms with Crippen molar-refractivity contribution >= 4 is 22.6 Å². The lowest BCUT2D eigenvalue weighted by molar-refractivity contribution is 0.0694. The Balaban J connectivity index is 1.99. The van der Waals surface area contributed by atoms with Gasteiger partial charge in [-0.2, -0.15) is 0 Å². The van der Waals surface area contributed by atoms with E-state index in [4.69, 9.17) is 10.5 Å². The van der Waals surface area contributed by atoms with Gasteiger partial charge in [-0.25, -0.2) is 9.18 Å². The lowest BCUT2D eigenvalue weighted by Gasteiger charge is -2.31. The van der Waals surface area contributed by atoms with Gasteiger partial charge in [-0.15, -0.1) is 0 Å². The molecule has 0 spiro atoms. The average Bonchev–Trinajstić information content (AvgIpc) is 2.93. The number of aromatic nitrogens is 1. The summed E-state index contributed by atoms with van der Waals surface area (Å²) in [7, 11) is 0. The first kappa shape index (κ1) is 18.7. The molecule has 0 saturated carbocycles. The van der Waals surface area contributed by atoms with Gasteiger partial charge in [0.05, 0.1) is 23.6 Å². The number of rotatable bonds is 3. The van der Waals surface area contributed by atoms with Crippen LogP contribution in [0, 0.1) is 11.7 Å². The molecule has 1 aromatic carbocycles. The number of hydrogen-bond acceptors (Lipinski definition) is 5. The summed E-state index contributed by atoms with van der Waals surface area (Å²) in [4.78, 5) is 25.7. The second kappa shape index (κ2) is 6.16. The van der Waals surface area contributed by atoms with Crippen molar-refractivity contribution in [2.75, 3.05) is 31.3 Å². The van der Waals surface area contributed by atoms with Crippen molar-refractivity contribution < 1.29 is 23.4 Å². The molecule has 3 atom stereocenters. The SMILES string of the molecule is C[C@H]1COc2c(N3CC(CF)C(C)(N)C3)c(F)cc3c(=O)c(C(=O)O)cn1c23. The van der Waals surface area contributed by atoms with E-state index < -0.39 is 40.9 Å². The lowest BCUT2D eigenvalue weighted by atomic mass is 9.92. The summed E-state index contributed by atoms with van der Waals surface area (Å²) in [6, 6.07) is 0.793. The van der Waals surface area contributed by atoms with Crippen LogP contribution in [0.1, 0.15) is 30.2 Å². The largest absolute Gasteiger partial charge is 0.487 e. The number of halogens is 2. The first-order valence-corrected chi connectivity index (χ1v) is 9.03. The van der Waals surface area contributed by atoms with Crippen molar-refractivity contribution in [1.82, 2.24) is 4.57 Å². The Morgan fingerprint density at radius 3 is 2.82 bits per heavy atom. The number of carboxylic acids is 1. The van der Waals surface area contributed by atoms with E-state index in [-0.39, 0.29) is 42.6 Å². The normalized spacial score (nSPS) is 26.5. The standard InChI is InChI=1S/C19H21F2N3O4/c1-9-7-28-17-14-11(16(25)12(18(26)27)6-24(9)14)3-13(21)15(17)23-5-10(4-20)19(2,22)8-23/h3,6,9-10H,4-5,7-8,22H2,1-2H3,(H,26,27)/t9-,10?,19?/m0/s1. The van der Waals surface area contributed by atoms with E-state index in [0.29, 0.717) is 5.52 Å². The van der Waals surface area contributed by atoms with Crippen LogP contribution in [0.3, 0.4) is 0 Å². The second-order valence-electron chi connectivity index (χ2n) is 7.91. The molecular formula is C19H21F2N3O4. The Kier molecular flexibility index (Phi) is 4.11. The molecule has 0 amide bonds. The zero-order chi connectivity index (χ0) is 20.4. The first-order chi connectivity index (χ1) is 13.2. The summed E-state index contributed by atoms with van der Waals surface area (Å²) in [5.74, 6) is -2.39. The molecule has 3 heterocycles.